The Labute approximate surface area is 95.3 Å². The summed E-state index contributed by atoms with van der Waals surface area (Å²) in [7, 11) is 0. The van der Waals surface area contributed by atoms with E-state index in [1.54, 1.807) is 11.3 Å². The molecule has 0 N–H and O–H groups in total. The zero-order valence-corrected chi connectivity index (χ0v) is 10.3. The minimum atomic E-state index is -0.255. The first-order chi connectivity index (χ1) is 7.15. The molecule has 1 aromatic rings. The average Bonchev–Trinajstić information content (AvgIpc) is 2.65. The van der Waals surface area contributed by atoms with Crippen LogP contribution in [0.1, 0.15) is 26.3 Å². The summed E-state index contributed by atoms with van der Waals surface area (Å²) in [5.74, 6) is 0.432. The number of ether oxygens (including phenoxy) is 1. The largest absolute Gasteiger partial charge is 0.370 e. The van der Waals surface area contributed by atoms with Crippen LogP contribution in [0, 0.1) is 5.92 Å². The molecular weight excluding hydrogens is 208 g/mol. The summed E-state index contributed by atoms with van der Waals surface area (Å²) in [5, 5.41) is 4.01. The summed E-state index contributed by atoms with van der Waals surface area (Å²) in [5.41, 5.74) is 1.09. The van der Waals surface area contributed by atoms with Crippen LogP contribution in [0.3, 0.4) is 0 Å². The average molecular weight is 226 g/mol. The highest BCUT2D eigenvalue weighted by atomic mass is 32.1. The van der Waals surface area contributed by atoms with Gasteiger partial charge in [-0.25, -0.2) is 0 Å². The Bertz CT molecular complexity index is 291. The van der Waals surface area contributed by atoms with Crippen LogP contribution in [-0.2, 0) is 16.0 Å². The van der Waals surface area contributed by atoms with Gasteiger partial charge in [0.25, 0.3) is 0 Å². The molecule has 0 amide bonds. The second kappa shape index (κ2) is 6.03. The molecule has 0 aromatic carbocycles. The summed E-state index contributed by atoms with van der Waals surface area (Å²) in [6.07, 6.45) is 0.238. The topological polar surface area (TPSA) is 26.3 Å². The van der Waals surface area contributed by atoms with Crippen molar-refractivity contribution in [3.05, 3.63) is 22.4 Å². The van der Waals surface area contributed by atoms with Gasteiger partial charge in [-0.2, -0.15) is 11.3 Å². The predicted molar refractivity (Wildman–Crippen MR) is 63.3 cm³/mol. The molecule has 1 atom stereocenters. The van der Waals surface area contributed by atoms with Crippen LogP contribution in [0.5, 0.6) is 0 Å². The molecule has 0 bridgehead atoms. The van der Waals surface area contributed by atoms with E-state index >= 15 is 0 Å². The number of ketones is 1. The fraction of sp³-hybridized carbons (Fsp3) is 0.583. The number of hydrogen-bond acceptors (Lipinski definition) is 3. The minimum absolute atomic E-state index is 0.185. The highest BCUT2D eigenvalue weighted by Crippen LogP contribution is 2.13. The van der Waals surface area contributed by atoms with E-state index in [2.05, 4.69) is 0 Å². The molecule has 0 aliphatic rings. The Balaban J connectivity index is 2.56. The Morgan fingerprint density at radius 3 is 2.73 bits per heavy atom. The van der Waals surface area contributed by atoms with Crippen molar-refractivity contribution in [3.8, 4) is 0 Å². The van der Waals surface area contributed by atoms with Crippen LogP contribution in [0.2, 0.25) is 0 Å². The van der Waals surface area contributed by atoms with Crippen molar-refractivity contribution in [1.82, 2.24) is 0 Å². The van der Waals surface area contributed by atoms with Crippen LogP contribution in [0.15, 0.2) is 16.8 Å². The van der Waals surface area contributed by atoms with Gasteiger partial charge in [0.1, 0.15) is 6.10 Å². The van der Waals surface area contributed by atoms with Crippen molar-refractivity contribution in [2.45, 2.75) is 33.3 Å². The van der Waals surface area contributed by atoms with E-state index in [-0.39, 0.29) is 17.8 Å². The molecule has 0 aliphatic carbocycles. The lowest BCUT2D eigenvalue weighted by atomic mass is 9.99. The van der Waals surface area contributed by atoms with Gasteiger partial charge in [-0.15, -0.1) is 0 Å². The Morgan fingerprint density at radius 1 is 1.53 bits per heavy atom. The molecule has 84 valence electrons. The van der Waals surface area contributed by atoms with E-state index in [1.165, 1.54) is 0 Å². The molecule has 1 rings (SSSR count). The molecule has 3 heteroatoms. The molecule has 0 saturated heterocycles. The maximum absolute atomic E-state index is 11.9. The van der Waals surface area contributed by atoms with Crippen LogP contribution in [-0.4, -0.2) is 18.5 Å². The van der Waals surface area contributed by atoms with Gasteiger partial charge in [-0.05, 0) is 35.2 Å². The Hall–Kier alpha value is -0.670. The quantitative estimate of drug-likeness (QED) is 0.745. The van der Waals surface area contributed by atoms with Gasteiger partial charge in [0, 0.05) is 13.0 Å². The molecule has 0 saturated carbocycles. The van der Waals surface area contributed by atoms with E-state index in [0.29, 0.717) is 13.0 Å². The predicted octanol–water partition coefficient (Wildman–Crippen LogP) is 2.92. The Morgan fingerprint density at radius 2 is 2.27 bits per heavy atom. The van der Waals surface area contributed by atoms with Crippen molar-refractivity contribution < 1.29 is 9.53 Å². The molecule has 0 radical (unpaired) electrons. The zero-order valence-electron chi connectivity index (χ0n) is 9.53. The van der Waals surface area contributed by atoms with Gasteiger partial charge in [0.15, 0.2) is 5.78 Å². The first kappa shape index (κ1) is 12.4. The highest BCUT2D eigenvalue weighted by Gasteiger charge is 2.22. The highest BCUT2D eigenvalue weighted by molar-refractivity contribution is 7.07. The van der Waals surface area contributed by atoms with Gasteiger partial charge in [0.05, 0.1) is 0 Å². The van der Waals surface area contributed by atoms with Crippen molar-refractivity contribution in [2.24, 2.45) is 5.92 Å². The van der Waals surface area contributed by atoms with E-state index < -0.39 is 0 Å². The third-order valence-corrected chi connectivity index (χ3v) is 2.96. The normalized spacial score (nSPS) is 13.1. The first-order valence-corrected chi connectivity index (χ1v) is 6.24. The molecule has 0 fully saturated rings. The number of Topliss-reactive ketones (excluding diaryl/α,β-unsaturated/α-hetero) is 1. The standard InChI is InChI=1S/C12H18O2S/c1-4-14-12(9(2)3)11(13)7-10-5-6-15-8-10/h5-6,8-9,12H,4,7H2,1-3H3. The maximum Gasteiger partial charge on any atom is 0.166 e. The molecule has 0 aliphatic heterocycles. The molecule has 1 unspecified atom stereocenters. The summed E-state index contributed by atoms with van der Waals surface area (Å²) in [4.78, 5) is 11.9. The van der Waals surface area contributed by atoms with Crippen molar-refractivity contribution in [1.29, 1.82) is 0 Å². The molecule has 1 aromatic heterocycles. The minimum Gasteiger partial charge on any atom is -0.370 e. The Kier molecular flexibility index (Phi) is 4.99. The summed E-state index contributed by atoms with van der Waals surface area (Å²) >= 11 is 1.62. The van der Waals surface area contributed by atoms with E-state index in [4.69, 9.17) is 4.74 Å². The molecule has 0 spiro atoms. The third kappa shape index (κ3) is 3.76. The lowest BCUT2D eigenvalue weighted by Crippen LogP contribution is -2.31. The monoisotopic (exact) mass is 226 g/mol. The van der Waals surface area contributed by atoms with Gasteiger partial charge in [-0.1, -0.05) is 13.8 Å². The molecule has 1 heterocycles. The number of thiophene rings is 1. The SMILES string of the molecule is CCOC(C(=O)Cc1ccsc1)C(C)C. The number of carbonyl (C=O) groups excluding carboxylic acids is 1. The van der Waals surface area contributed by atoms with E-state index in [9.17, 15) is 4.79 Å². The second-order valence-electron chi connectivity index (χ2n) is 3.89. The van der Waals surface area contributed by atoms with Crippen molar-refractivity contribution in [2.75, 3.05) is 6.61 Å². The van der Waals surface area contributed by atoms with E-state index in [0.717, 1.165) is 5.56 Å². The third-order valence-electron chi connectivity index (χ3n) is 2.23. The molecule has 2 nitrogen and oxygen atoms in total. The van der Waals surface area contributed by atoms with Crippen molar-refractivity contribution in [3.63, 3.8) is 0 Å². The molecular formula is C12H18O2S. The van der Waals surface area contributed by atoms with Gasteiger partial charge in [0.2, 0.25) is 0 Å². The van der Waals surface area contributed by atoms with E-state index in [1.807, 2.05) is 37.6 Å². The van der Waals surface area contributed by atoms with Gasteiger partial charge in [-0.3, -0.25) is 4.79 Å². The van der Waals surface area contributed by atoms with Crippen LogP contribution >= 0.6 is 11.3 Å². The fourth-order valence-electron chi connectivity index (χ4n) is 1.53. The molecule has 15 heavy (non-hydrogen) atoms. The summed E-state index contributed by atoms with van der Waals surface area (Å²) in [6.45, 7) is 6.56. The maximum atomic E-state index is 11.9. The summed E-state index contributed by atoms with van der Waals surface area (Å²) in [6, 6.07) is 1.99. The van der Waals surface area contributed by atoms with Crippen LogP contribution in [0.4, 0.5) is 0 Å². The lowest BCUT2D eigenvalue weighted by Gasteiger charge is -2.19. The fourth-order valence-corrected chi connectivity index (χ4v) is 2.20. The summed E-state index contributed by atoms with van der Waals surface area (Å²) < 4.78 is 5.47. The van der Waals surface area contributed by atoms with Gasteiger partial charge >= 0.3 is 0 Å². The number of rotatable bonds is 6. The number of hydrogen-bond donors (Lipinski definition) is 0. The van der Waals surface area contributed by atoms with Gasteiger partial charge < -0.3 is 4.74 Å². The van der Waals surface area contributed by atoms with Crippen LogP contribution < -0.4 is 0 Å². The first-order valence-electron chi connectivity index (χ1n) is 5.30. The van der Waals surface area contributed by atoms with Crippen molar-refractivity contribution >= 4 is 17.1 Å². The smallest absolute Gasteiger partial charge is 0.166 e. The number of carbonyl (C=O) groups is 1. The second-order valence-corrected chi connectivity index (χ2v) is 4.67. The van der Waals surface area contributed by atoms with Crippen LogP contribution in [0.25, 0.3) is 0 Å². The lowest BCUT2D eigenvalue weighted by molar-refractivity contribution is -0.132. The zero-order chi connectivity index (χ0) is 11.3.